The van der Waals surface area contributed by atoms with Crippen LogP contribution in [0.25, 0.3) is 11.3 Å². The van der Waals surface area contributed by atoms with Gasteiger partial charge >= 0.3 is 0 Å². The molecule has 0 unspecified atom stereocenters. The van der Waals surface area contributed by atoms with Crippen LogP contribution in [-0.4, -0.2) is 9.97 Å². The minimum atomic E-state index is -1.25. The van der Waals surface area contributed by atoms with Crippen molar-refractivity contribution in [2.75, 3.05) is 0 Å². The van der Waals surface area contributed by atoms with E-state index in [2.05, 4.69) is 9.97 Å². The summed E-state index contributed by atoms with van der Waals surface area (Å²) in [7, 11) is 0. The highest BCUT2D eigenvalue weighted by Gasteiger charge is 2.12. The van der Waals surface area contributed by atoms with Crippen molar-refractivity contribution in [3.8, 4) is 11.3 Å². The van der Waals surface area contributed by atoms with Crippen LogP contribution in [0.3, 0.4) is 0 Å². The highest BCUT2D eigenvalue weighted by atomic mass is 35.5. The van der Waals surface area contributed by atoms with Gasteiger partial charge in [-0.1, -0.05) is 11.6 Å². The Hall–Kier alpha value is -1.62. The van der Waals surface area contributed by atoms with Gasteiger partial charge < -0.3 is 0 Å². The molecule has 0 fully saturated rings. The molecule has 0 N–H and O–H groups in total. The molecule has 16 heavy (non-hydrogen) atoms. The fourth-order valence-corrected chi connectivity index (χ4v) is 1.34. The molecule has 0 aliphatic carbocycles. The van der Waals surface area contributed by atoms with Gasteiger partial charge in [0.05, 0.1) is 18.1 Å². The molecule has 2 rings (SSSR count). The fraction of sp³-hybridized carbons (Fsp3) is 0. The lowest BCUT2D eigenvalue weighted by Crippen LogP contribution is -1.94. The summed E-state index contributed by atoms with van der Waals surface area (Å²) in [5, 5.41) is 0.0432. The Kier molecular flexibility index (Phi) is 2.78. The van der Waals surface area contributed by atoms with E-state index in [1.807, 2.05) is 0 Å². The quantitative estimate of drug-likeness (QED) is 0.720. The molecule has 2 aromatic rings. The molecule has 0 bridgehead atoms. The molecule has 0 saturated heterocycles. The average Bonchev–Trinajstić information content (AvgIpc) is 2.23. The summed E-state index contributed by atoms with van der Waals surface area (Å²) in [5.41, 5.74) is -0.141. The van der Waals surface area contributed by atoms with Crippen molar-refractivity contribution < 1.29 is 13.2 Å². The van der Waals surface area contributed by atoms with Crippen molar-refractivity contribution in [1.29, 1.82) is 0 Å². The zero-order chi connectivity index (χ0) is 11.7. The van der Waals surface area contributed by atoms with Crippen molar-refractivity contribution in [2.24, 2.45) is 0 Å². The molecule has 0 atom stereocenters. The molecule has 0 aliphatic rings. The molecule has 0 aliphatic heterocycles. The zero-order valence-electron chi connectivity index (χ0n) is 7.72. The maximum absolute atomic E-state index is 13.3. The van der Waals surface area contributed by atoms with Crippen LogP contribution >= 0.6 is 11.6 Å². The number of aromatic nitrogens is 2. The molecule has 0 saturated carbocycles. The Bertz CT molecular complexity index is 546. The van der Waals surface area contributed by atoms with Gasteiger partial charge in [0.1, 0.15) is 11.0 Å². The summed E-state index contributed by atoms with van der Waals surface area (Å²) in [6.45, 7) is 0. The molecule has 6 heteroatoms. The lowest BCUT2D eigenvalue weighted by atomic mass is 10.1. The molecule has 1 aromatic heterocycles. The van der Waals surface area contributed by atoms with E-state index in [0.29, 0.717) is 12.1 Å². The molecule has 0 radical (unpaired) electrons. The standard InChI is InChI=1S/C10H4ClF3N2/c11-10-4-15-3-9(16-10)5-1-7(13)8(14)2-6(5)12/h1-4H. The third-order valence-electron chi connectivity index (χ3n) is 1.89. The lowest BCUT2D eigenvalue weighted by molar-refractivity contribution is 0.496. The summed E-state index contributed by atoms with van der Waals surface area (Å²) in [5.74, 6) is -3.33. The summed E-state index contributed by atoms with van der Waals surface area (Å²) < 4.78 is 38.9. The maximum atomic E-state index is 13.3. The van der Waals surface area contributed by atoms with E-state index in [4.69, 9.17) is 11.6 Å². The van der Waals surface area contributed by atoms with Crippen LogP contribution in [0.15, 0.2) is 24.5 Å². The third kappa shape index (κ3) is 1.99. The highest BCUT2D eigenvalue weighted by molar-refractivity contribution is 6.29. The molecule has 82 valence electrons. The van der Waals surface area contributed by atoms with Crippen LogP contribution in [0.5, 0.6) is 0 Å². The van der Waals surface area contributed by atoms with Gasteiger partial charge in [-0.15, -0.1) is 0 Å². The molecule has 0 spiro atoms. The Balaban J connectivity index is 2.60. The first-order chi connectivity index (χ1) is 7.58. The van der Waals surface area contributed by atoms with Gasteiger partial charge in [0.2, 0.25) is 0 Å². The molecular formula is C10H4ClF3N2. The summed E-state index contributed by atoms with van der Waals surface area (Å²) >= 11 is 5.55. The van der Waals surface area contributed by atoms with E-state index in [1.54, 1.807) is 0 Å². The number of hydrogen-bond acceptors (Lipinski definition) is 2. The van der Waals surface area contributed by atoms with Crippen molar-refractivity contribution in [3.05, 3.63) is 47.1 Å². The first kappa shape index (κ1) is 10.9. The summed E-state index contributed by atoms with van der Waals surface area (Å²) in [6, 6.07) is 1.16. The van der Waals surface area contributed by atoms with E-state index in [1.165, 1.54) is 12.4 Å². The van der Waals surface area contributed by atoms with E-state index < -0.39 is 17.5 Å². The molecule has 0 amide bonds. The number of rotatable bonds is 1. The van der Waals surface area contributed by atoms with E-state index >= 15 is 0 Å². The average molecular weight is 245 g/mol. The second kappa shape index (κ2) is 4.09. The predicted molar refractivity (Wildman–Crippen MR) is 52.4 cm³/mol. The maximum Gasteiger partial charge on any atom is 0.161 e. The topological polar surface area (TPSA) is 25.8 Å². The highest BCUT2D eigenvalue weighted by Crippen LogP contribution is 2.23. The van der Waals surface area contributed by atoms with E-state index in [-0.39, 0.29) is 16.4 Å². The minimum absolute atomic E-state index is 0.0432. The monoisotopic (exact) mass is 244 g/mol. The molecule has 1 heterocycles. The zero-order valence-corrected chi connectivity index (χ0v) is 8.47. The van der Waals surface area contributed by atoms with Crippen LogP contribution in [0.4, 0.5) is 13.2 Å². The van der Waals surface area contributed by atoms with Crippen molar-refractivity contribution >= 4 is 11.6 Å². The minimum Gasteiger partial charge on any atom is -0.259 e. The Labute approximate surface area is 93.7 Å². The number of nitrogens with zero attached hydrogens (tertiary/aromatic N) is 2. The number of halogens is 4. The van der Waals surface area contributed by atoms with E-state index in [9.17, 15) is 13.2 Å². The van der Waals surface area contributed by atoms with Gasteiger partial charge in [-0.2, -0.15) is 0 Å². The molecular weight excluding hydrogens is 241 g/mol. The number of hydrogen-bond donors (Lipinski definition) is 0. The predicted octanol–water partition coefficient (Wildman–Crippen LogP) is 3.21. The van der Waals surface area contributed by atoms with Gasteiger partial charge in [0.15, 0.2) is 11.6 Å². The summed E-state index contributed by atoms with van der Waals surface area (Å²) in [4.78, 5) is 7.43. The van der Waals surface area contributed by atoms with Crippen LogP contribution in [0.1, 0.15) is 0 Å². The molecule has 2 nitrogen and oxygen atoms in total. The Morgan fingerprint density at radius 2 is 1.62 bits per heavy atom. The Morgan fingerprint density at radius 3 is 2.31 bits per heavy atom. The number of benzene rings is 1. The Morgan fingerprint density at radius 1 is 0.938 bits per heavy atom. The second-order valence-electron chi connectivity index (χ2n) is 2.97. The second-order valence-corrected chi connectivity index (χ2v) is 3.36. The van der Waals surface area contributed by atoms with Gasteiger partial charge in [-0.3, -0.25) is 4.98 Å². The van der Waals surface area contributed by atoms with Crippen molar-refractivity contribution in [3.63, 3.8) is 0 Å². The van der Waals surface area contributed by atoms with Gasteiger partial charge in [-0.05, 0) is 6.07 Å². The summed E-state index contributed by atoms with van der Waals surface area (Å²) in [6.07, 6.45) is 2.46. The smallest absolute Gasteiger partial charge is 0.161 e. The van der Waals surface area contributed by atoms with Crippen molar-refractivity contribution in [2.45, 2.75) is 0 Å². The van der Waals surface area contributed by atoms with E-state index in [0.717, 1.165) is 0 Å². The largest absolute Gasteiger partial charge is 0.259 e. The normalized spacial score (nSPS) is 10.5. The lowest BCUT2D eigenvalue weighted by Gasteiger charge is -2.03. The van der Waals surface area contributed by atoms with Crippen LogP contribution in [0, 0.1) is 17.5 Å². The van der Waals surface area contributed by atoms with Crippen LogP contribution < -0.4 is 0 Å². The fourth-order valence-electron chi connectivity index (χ4n) is 1.19. The van der Waals surface area contributed by atoms with Gasteiger partial charge in [0, 0.05) is 11.6 Å². The van der Waals surface area contributed by atoms with Crippen LogP contribution in [0.2, 0.25) is 5.15 Å². The van der Waals surface area contributed by atoms with Gasteiger partial charge in [-0.25, -0.2) is 18.2 Å². The van der Waals surface area contributed by atoms with Gasteiger partial charge in [0.25, 0.3) is 0 Å². The van der Waals surface area contributed by atoms with Crippen LogP contribution in [-0.2, 0) is 0 Å². The van der Waals surface area contributed by atoms with Crippen molar-refractivity contribution in [1.82, 2.24) is 9.97 Å². The first-order valence-corrected chi connectivity index (χ1v) is 4.58. The first-order valence-electron chi connectivity index (χ1n) is 4.20. The third-order valence-corrected chi connectivity index (χ3v) is 2.07. The molecule has 1 aromatic carbocycles. The SMILES string of the molecule is Fc1cc(F)c(-c2cncc(Cl)n2)cc1F.